The summed E-state index contributed by atoms with van der Waals surface area (Å²) in [7, 11) is 2.15. The molecule has 1 atom stereocenters. The molecule has 0 saturated carbocycles. The molecular formula is C9H19NO. The summed E-state index contributed by atoms with van der Waals surface area (Å²) >= 11 is 0. The minimum Gasteiger partial charge on any atom is -0.374 e. The average Bonchev–Trinajstić information content (AvgIpc) is 1.82. The molecule has 0 aromatic carbocycles. The van der Waals surface area contributed by atoms with E-state index in [0.29, 0.717) is 6.04 Å². The van der Waals surface area contributed by atoms with E-state index in [9.17, 15) is 0 Å². The SMILES string of the molecule is CN1CC[C@H]1COC(C)(C)C. The van der Waals surface area contributed by atoms with Crippen LogP contribution in [-0.4, -0.2) is 36.7 Å². The molecular weight excluding hydrogens is 138 g/mol. The molecule has 0 aliphatic carbocycles. The first-order chi connectivity index (χ1) is 4.99. The van der Waals surface area contributed by atoms with E-state index in [1.807, 2.05) is 0 Å². The Labute approximate surface area is 69.5 Å². The van der Waals surface area contributed by atoms with Crippen LogP contribution in [-0.2, 0) is 4.74 Å². The van der Waals surface area contributed by atoms with E-state index in [4.69, 9.17) is 4.74 Å². The van der Waals surface area contributed by atoms with Crippen molar-refractivity contribution < 1.29 is 4.74 Å². The van der Waals surface area contributed by atoms with E-state index in [0.717, 1.165) is 6.61 Å². The number of likely N-dealkylation sites (tertiary alicyclic amines) is 1. The number of likely N-dealkylation sites (N-methyl/N-ethyl adjacent to an activating group) is 1. The van der Waals surface area contributed by atoms with E-state index in [2.05, 4.69) is 32.7 Å². The normalized spacial score (nSPS) is 26.7. The van der Waals surface area contributed by atoms with Crippen LogP contribution in [0, 0.1) is 0 Å². The monoisotopic (exact) mass is 157 g/mol. The lowest BCUT2D eigenvalue weighted by Gasteiger charge is -2.39. The molecule has 0 aromatic rings. The lowest BCUT2D eigenvalue weighted by atomic mass is 10.1. The van der Waals surface area contributed by atoms with Crippen molar-refractivity contribution in [3.63, 3.8) is 0 Å². The molecule has 1 aliphatic rings. The molecule has 1 fully saturated rings. The molecule has 66 valence electrons. The van der Waals surface area contributed by atoms with Crippen LogP contribution in [0.1, 0.15) is 27.2 Å². The second-order valence-corrected chi connectivity index (χ2v) is 4.35. The van der Waals surface area contributed by atoms with Gasteiger partial charge in [0.1, 0.15) is 0 Å². The third-order valence-electron chi connectivity index (χ3n) is 2.15. The summed E-state index contributed by atoms with van der Waals surface area (Å²) in [5.74, 6) is 0. The first-order valence-corrected chi connectivity index (χ1v) is 4.33. The van der Waals surface area contributed by atoms with Crippen molar-refractivity contribution in [3.05, 3.63) is 0 Å². The Morgan fingerprint density at radius 2 is 2.09 bits per heavy atom. The van der Waals surface area contributed by atoms with Gasteiger partial charge in [-0.2, -0.15) is 0 Å². The summed E-state index contributed by atoms with van der Waals surface area (Å²) < 4.78 is 5.66. The Hall–Kier alpha value is -0.0800. The van der Waals surface area contributed by atoms with Crippen molar-refractivity contribution in [3.8, 4) is 0 Å². The van der Waals surface area contributed by atoms with Gasteiger partial charge < -0.3 is 9.64 Å². The average molecular weight is 157 g/mol. The van der Waals surface area contributed by atoms with Crippen LogP contribution in [0.3, 0.4) is 0 Å². The summed E-state index contributed by atoms with van der Waals surface area (Å²) in [6, 6.07) is 0.675. The van der Waals surface area contributed by atoms with E-state index < -0.39 is 0 Å². The highest BCUT2D eigenvalue weighted by atomic mass is 16.5. The Morgan fingerprint density at radius 3 is 2.36 bits per heavy atom. The highest BCUT2D eigenvalue weighted by molar-refractivity contribution is 4.80. The van der Waals surface area contributed by atoms with Gasteiger partial charge in [0.05, 0.1) is 12.2 Å². The summed E-state index contributed by atoms with van der Waals surface area (Å²) in [6.07, 6.45) is 1.30. The zero-order chi connectivity index (χ0) is 8.48. The molecule has 0 amide bonds. The van der Waals surface area contributed by atoms with Crippen molar-refractivity contribution in [2.75, 3.05) is 20.2 Å². The van der Waals surface area contributed by atoms with Crippen LogP contribution in [0.5, 0.6) is 0 Å². The number of rotatable bonds is 2. The fraction of sp³-hybridized carbons (Fsp3) is 1.00. The number of nitrogens with zero attached hydrogens (tertiary/aromatic N) is 1. The van der Waals surface area contributed by atoms with Crippen LogP contribution < -0.4 is 0 Å². The van der Waals surface area contributed by atoms with Crippen LogP contribution in [0.25, 0.3) is 0 Å². The Bertz CT molecular complexity index is 128. The Kier molecular flexibility index (Phi) is 2.55. The van der Waals surface area contributed by atoms with Crippen molar-refractivity contribution in [1.82, 2.24) is 4.90 Å². The first kappa shape index (κ1) is 9.01. The molecule has 0 N–H and O–H groups in total. The number of ether oxygens (including phenoxy) is 1. The molecule has 1 rings (SSSR count). The zero-order valence-electron chi connectivity index (χ0n) is 8.05. The molecule has 0 spiro atoms. The van der Waals surface area contributed by atoms with Crippen molar-refractivity contribution in [2.45, 2.75) is 38.8 Å². The fourth-order valence-corrected chi connectivity index (χ4v) is 1.13. The van der Waals surface area contributed by atoms with E-state index in [-0.39, 0.29) is 5.60 Å². The minimum atomic E-state index is 0.0242. The van der Waals surface area contributed by atoms with Gasteiger partial charge in [-0.25, -0.2) is 0 Å². The minimum absolute atomic E-state index is 0.0242. The van der Waals surface area contributed by atoms with Crippen LogP contribution in [0.2, 0.25) is 0 Å². The van der Waals surface area contributed by atoms with E-state index >= 15 is 0 Å². The van der Waals surface area contributed by atoms with Gasteiger partial charge >= 0.3 is 0 Å². The van der Waals surface area contributed by atoms with Crippen molar-refractivity contribution >= 4 is 0 Å². The standard InChI is InChI=1S/C9H19NO/c1-9(2,3)11-7-8-5-6-10(8)4/h8H,5-7H2,1-4H3/t8-/m0/s1. The Balaban J connectivity index is 2.12. The number of hydrogen-bond donors (Lipinski definition) is 0. The van der Waals surface area contributed by atoms with Crippen LogP contribution in [0.15, 0.2) is 0 Å². The van der Waals surface area contributed by atoms with Gasteiger partial charge in [-0.15, -0.1) is 0 Å². The van der Waals surface area contributed by atoms with Gasteiger partial charge in [0.25, 0.3) is 0 Å². The highest BCUT2D eigenvalue weighted by Crippen LogP contribution is 2.17. The largest absolute Gasteiger partial charge is 0.374 e. The summed E-state index contributed by atoms with van der Waals surface area (Å²) in [5.41, 5.74) is 0.0242. The zero-order valence-corrected chi connectivity index (χ0v) is 8.05. The van der Waals surface area contributed by atoms with Gasteiger partial charge in [0.15, 0.2) is 0 Å². The summed E-state index contributed by atoms with van der Waals surface area (Å²) in [6.45, 7) is 8.43. The maximum Gasteiger partial charge on any atom is 0.0629 e. The first-order valence-electron chi connectivity index (χ1n) is 4.33. The molecule has 1 heterocycles. The van der Waals surface area contributed by atoms with Crippen molar-refractivity contribution in [2.24, 2.45) is 0 Å². The lowest BCUT2D eigenvalue weighted by Crippen LogP contribution is -2.48. The molecule has 2 heteroatoms. The second-order valence-electron chi connectivity index (χ2n) is 4.35. The number of hydrogen-bond acceptors (Lipinski definition) is 2. The molecule has 11 heavy (non-hydrogen) atoms. The molecule has 0 radical (unpaired) electrons. The third kappa shape index (κ3) is 2.80. The maximum atomic E-state index is 5.66. The quantitative estimate of drug-likeness (QED) is 0.602. The molecule has 0 unspecified atom stereocenters. The third-order valence-corrected chi connectivity index (χ3v) is 2.15. The smallest absolute Gasteiger partial charge is 0.0629 e. The lowest BCUT2D eigenvalue weighted by molar-refractivity contribution is -0.0536. The fourth-order valence-electron chi connectivity index (χ4n) is 1.13. The van der Waals surface area contributed by atoms with Gasteiger partial charge in [0, 0.05) is 6.04 Å². The van der Waals surface area contributed by atoms with Crippen LogP contribution >= 0.6 is 0 Å². The Morgan fingerprint density at radius 1 is 1.45 bits per heavy atom. The summed E-state index contributed by atoms with van der Waals surface area (Å²) in [5, 5.41) is 0. The van der Waals surface area contributed by atoms with E-state index in [1.165, 1.54) is 13.0 Å². The van der Waals surface area contributed by atoms with Crippen LogP contribution in [0.4, 0.5) is 0 Å². The van der Waals surface area contributed by atoms with Crippen molar-refractivity contribution in [1.29, 1.82) is 0 Å². The topological polar surface area (TPSA) is 12.5 Å². The molecule has 1 saturated heterocycles. The predicted molar refractivity (Wildman–Crippen MR) is 46.7 cm³/mol. The van der Waals surface area contributed by atoms with Gasteiger partial charge in [-0.05, 0) is 40.8 Å². The predicted octanol–water partition coefficient (Wildman–Crippen LogP) is 1.51. The van der Waals surface area contributed by atoms with Gasteiger partial charge in [-0.3, -0.25) is 0 Å². The van der Waals surface area contributed by atoms with E-state index in [1.54, 1.807) is 0 Å². The molecule has 0 aromatic heterocycles. The molecule has 1 aliphatic heterocycles. The van der Waals surface area contributed by atoms with Gasteiger partial charge in [0.2, 0.25) is 0 Å². The maximum absolute atomic E-state index is 5.66. The highest BCUT2D eigenvalue weighted by Gasteiger charge is 2.25. The second kappa shape index (κ2) is 3.11. The van der Waals surface area contributed by atoms with Gasteiger partial charge in [-0.1, -0.05) is 0 Å². The molecule has 2 nitrogen and oxygen atoms in total. The summed E-state index contributed by atoms with van der Waals surface area (Å²) in [4.78, 5) is 2.34. The molecule has 0 bridgehead atoms.